The maximum atomic E-state index is 4.24. The topological polar surface area (TPSA) is 25.8 Å². The van der Waals surface area contributed by atoms with Gasteiger partial charge in [0.25, 0.3) is 0 Å². The third-order valence-corrected chi connectivity index (χ3v) is 3.04. The molecule has 0 aliphatic carbocycles. The van der Waals surface area contributed by atoms with E-state index in [9.17, 15) is 0 Å². The van der Waals surface area contributed by atoms with Gasteiger partial charge in [-0.2, -0.15) is 0 Å². The van der Waals surface area contributed by atoms with E-state index in [0.29, 0.717) is 0 Å². The Hall–Kier alpha value is -0.0900. The first-order chi connectivity index (χ1) is 5.15. The highest BCUT2D eigenvalue weighted by Gasteiger charge is 2.05. The fourth-order valence-corrected chi connectivity index (χ4v) is 2.48. The summed E-state index contributed by atoms with van der Waals surface area (Å²) in [6.07, 6.45) is 2.02. The lowest BCUT2D eigenvalue weighted by Gasteiger charge is -2.03. The SMILES string of the molecule is CSc1c(C)nc(C)nc1Br. The summed E-state index contributed by atoms with van der Waals surface area (Å²) in [4.78, 5) is 9.55. The van der Waals surface area contributed by atoms with E-state index in [-0.39, 0.29) is 0 Å². The van der Waals surface area contributed by atoms with Gasteiger partial charge in [-0.3, -0.25) is 0 Å². The smallest absolute Gasteiger partial charge is 0.126 e. The summed E-state index contributed by atoms with van der Waals surface area (Å²) in [7, 11) is 0. The zero-order chi connectivity index (χ0) is 8.43. The molecule has 1 heterocycles. The van der Waals surface area contributed by atoms with Crippen molar-refractivity contribution in [2.75, 3.05) is 6.26 Å². The van der Waals surface area contributed by atoms with E-state index in [1.807, 2.05) is 20.1 Å². The average Bonchev–Trinajstić information content (AvgIpc) is 1.85. The third kappa shape index (κ3) is 1.93. The molecular weight excluding hydrogens is 224 g/mol. The van der Waals surface area contributed by atoms with Crippen molar-refractivity contribution in [1.29, 1.82) is 0 Å². The first kappa shape index (κ1) is 9.00. The van der Waals surface area contributed by atoms with E-state index in [0.717, 1.165) is 21.0 Å². The minimum absolute atomic E-state index is 0.812. The quantitative estimate of drug-likeness (QED) is 0.550. The Kier molecular flexibility index (Phi) is 2.90. The molecule has 0 spiro atoms. The molecule has 0 saturated carbocycles. The van der Waals surface area contributed by atoms with Gasteiger partial charge < -0.3 is 0 Å². The van der Waals surface area contributed by atoms with Crippen LogP contribution in [0.25, 0.3) is 0 Å². The van der Waals surface area contributed by atoms with Gasteiger partial charge in [0, 0.05) is 0 Å². The van der Waals surface area contributed by atoms with Crippen LogP contribution in [0.4, 0.5) is 0 Å². The van der Waals surface area contributed by atoms with Gasteiger partial charge in [0.1, 0.15) is 10.4 Å². The van der Waals surface area contributed by atoms with Crippen LogP contribution in [0.3, 0.4) is 0 Å². The van der Waals surface area contributed by atoms with Crippen LogP contribution in [0.2, 0.25) is 0 Å². The van der Waals surface area contributed by atoms with Gasteiger partial charge in [0.15, 0.2) is 0 Å². The fourth-order valence-electron chi connectivity index (χ4n) is 0.893. The monoisotopic (exact) mass is 232 g/mol. The van der Waals surface area contributed by atoms with Gasteiger partial charge >= 0.3 is 0 Å². The number of aromatic nitrogens is 2. The molecule has 0 unspecified atom stereocenters. The van der Waals surface area contributed by atoms with E-state index >= 15 is 0 Å². The molecule has 0 N–H and O–H groups in total. The second-order valence-electron chi connectivity index (χ2n) is 2.18. The number of halogens is 1. The van der Waals surface area contributed by atoms with Gasteiger partial charge in [-0.15, -0.1) is 11.8 Å². The molecule has 1 aromatic heterocycles. The molecule has 4 heteroatoms. The Morgan fingerprint density at radius 1 is 1.27 bits per heavy atom. The Labute approximate surface area is 79.0 Å². The van der Waals surface area contributed by atoms with Crippen LogP contribution in [0.15, 0.2) is 9.50 Å². The highest BCUT2D eigenvalue weighted by Crippen LogP contribution is 2.25. The first-order valence-corrected chi connectivity index (χ1v) is 5.21. The molecule has 1 aromatic rings. The van der Waals surface area contributed by atoms with Crippen molar-refractivity contribution in [1.82, 2.24) is 9.97 Å². The van der Waals surface area contributed by atoms with E-state index in [1.165, 1.54) is 0 Å². The molecule has 0 radical (unpaired) electrons. The number of hydrogen-bond donors (Lipinski definition) is 0. The molecule has 0 aromatic carbocycles. The minimum Gasteiger partial charge on any atom is -0.237 e. The molecule has 2 nitrogen and oxygen atoms in total. The van der Waals surface area contributed by atoms with Crippen molar-refractivity contribution < 1.29 is 0 Å². The van der Waals surface area contributed by atoms with E-state index in [4.69, 9.17) is 0 Å². The molecule has 0 bridgehead atoms. The molecule has 0 amide bonds. The van der Waals surface area contributed by atoms with Crippen LogP contribution in [-0.2, 0) is 0 Å². The third-order valence-electron chi connectivity index (χ3n) is 1.31. The molecule has 0 saturated heterocycles. The number of rotatable bonds is 1. The standard InChI is InChI=1S/C7H9BrN2S/c1-4-6(11-3)7(8)10-5(2)9-4/h1-3H3. The van der Waals surface area contributed by atoms with Crippen LogP contribution in [0.5, 0.6) is 0 Å². The molecule has 0 aliphatic heterocycles. The van der Waals surface area contributed by atoms with Crippen molar-refractivity contribution in [3.63, 3.8) is 0 Å². The lowest BCUT2D eigenvalue weighted by Crippen LogP contribution is -1.94. The molecule has 11 heavy (non-hydrogen) atoms. The largest absolute Gasteiger partial charge is 0.237 e. The summed E-state index contributed by atoms with van der Waals surface area (Å²) in [6.45, 7) is 3.88. The summed E-state index contributed by atoms with van der Waals surface area (Å²) < 4.78 is 0.898. The fraction of sp³-hybridized carbons (Fsp3) is 0.429. The van der Waals surface area contributed by atoms with E-state index in [1.54, 1.807) is 11.8 Å². The summed E-state index contributed by atoms with van der Waals surface area (Å²) >= 11 is 5.04. The molecule has 1 rings (SSSR count). The van der Waals surface area contributed by atoms with Gasteiger partial charge in [0.2, 0.25) is 0 Å². The van der Waals surface area contributed by atoms with Crippen molar-refractivity contribution >= 4 is 27.7 Å². The summed E-state index contributed by atoms with van der Waals surface area (Å²) in [6, 6.07) is 0. The molecule has 0 aliphatic rings. The lowest BCUT2D eigenvalue weighted by molar-refractivity contribution is 0.937. The number of hydrogen-bond acceptors (Lipinski definition) is 3. The average molecular weight is 233 g/mol. The Bertz CT molecular complexity index is 252. The van der Waals surface area contributed by atoms with Crippen LogP contribution in [0.1, 0.15) is 11.5 Å². The second kappa shape index (κ2) is 3.54. The summed E-state index contributed by atoms with van der Waals surface area (Å²) in [5.41, 5.74) is 1.04. The first-order valence-electron chi connectivity index (χ1n) is 3.20. The predicted octanol–water partition coefficient (Wildman–Crippen LogP) is 2.58. The Morgan fingerprint density at radius 3 is 2.36 bits per heavy atom. The molecular formula is C7H9BrN2S. The van der Waals surface area contributed by atoms with Crippen molar-refractivity contribution in [3.05, 3.63) is 16.1 Å². The number of thioether (sulfide) groups is 1. The maximum absolute atomic E-state index is 4.24. The molecule has 60 valence electrons. The molecule has 0 fully saturated rings. The van der Waals surface area contributed by atoms with Crippen LogP contribution < -0.4 is 0 Å². The van der Waals surface area contributed by atoms with Gasteiger partial charge in [-0.1, -0.05) is 0 Å². The van der Waals surface area contributed by atoms with Crippen molar-refractivity contribution in [2.45, 2.75) is 18.7 Å². The Morgan fingerprint density at radius 2 is 1.91 bits per heavy atom. The zero-order valence-corrected chi connectivity index (χ0v) is 9.08. The van der Waals surface area contributed by atoms with Gasteiger partial charge in [-0.25, -0.2) is 9.97 Å². The Balaban J connectivity index is 3.25. The second-order valence-corrected chi connectivity index (χ2v) is 3.75. The summed E-state index contributed by atoms with van der Waals surface area (Å²) in [5.74, 6) is 0.812. The van der Waals surface area contributed by atoms with Crippen molar-refractivity contribution in [2.24, 2.45) is 0 Å². The van der Waals surface area contributed by atoms with Crippen LogP contribution in [0, 0.1) is 13.8 Å². The lowest BCUT2D eigenvalue weighted by atomic mass is 10.4. The van der Waals surface area contributed by atoms with Crippen LogP contribution in [-0.4, -0.2) is 16.2 Å². The maximum Gasteiger partial charge on any atom is 0.126 e. The van der Waals surface area contributed by atoms with E-state index < -0.39 is 0 Å². The van der Waals surface area contributed by atoms with E-state index in [2.05, 4.69) is 25.9 Å². The minimum atomic E-state index is 0.812. The highest BCUT2D eigenvalue weighted by molar-refractivity contribution is 9.10. The van der Waals surface area contributed by atoms with Crippen LogP contribution >= 0.6 is 27.7 Å². The molecule has 0 atom stereocenters. The van der Waals surface area contributed by atoms with Gasteiger partial charge in [-0.05, 0) is 36.0 Å². The highest BCUT2D eigenvalue weighted by atomic mass is 79.9. The predicted molar refractivity (Wildman–Crippen MR) is 51.0 cm³/mol. The number of aryl methyl sites for hydroxylation is 2. The normalized spacial score (nSPS) is 10.2. The number of nitrogens with zero attached hydrogens (tertiary/aromatic N) is 2. The van der Waals surface area contributed by atoms with Crippen molar-refractivity contribution in [3.8, 4) is 0 Å². The summed E-state index contributed by atoms with van der Waals surface area (Å²) in [5, 5.41) is 0. The van der Waals surface area contributed by atoms with Gasteiger partial charge in [0.05, 0.1) is 10.6 Å². The zero-order valence-electron chi connectivity index (χ0n) is 6.68.